The maximum absolute atomic E-state index is 12.5. The lowest BCUT2D eigenvalue weighted by atomic mass is 10.0. The van der Waals surface area contributed by atoms with Crippen molar-refractivity contribution in [2.45, 2.75) is 40.0 Å². The molecule has 0 saturated heterocycles. The number of phenolic OH excluding ortho intramolecular Hbond substituents is 3. The number of rotatable bonds is 6. The summed E-state index contributed by atoms with van der Waals surface area (Å²) in [6.07, 6.45) is 6.79. The van der Waals surface area contributed by atoms with Gasteiger partial charge in [-0.25, -0.2) is 0 Å². The first-order valence-electron chi connectivity index (χ1n) is 9.85. The predicted octanol–water partition coefficient (Wildman–Crippen LogP) is 5.81. The third kappa shape index (κ3) is 4.92. The minimum atomic E-state index is -0.409. The second-order valence-electron chi connectivity index (χ2n) is 7.73. The summed E-state index contributed by atoms with van der Waals surface area (Å²) in [5.74, 6) is -0.0561. The second kappa shape index (κ2) is 8.91. The molecule has 3 N–H and O–H groups in total. The summed E-state index contributed by atoms with van der Waals surface area (Å²) < 4.78 is 5.76. The first-order chi connectivity index (χ1) is 14.2. The van der Waals surface area contributed by atoms with Crippen LogP contribution in [0.5, 0.6) is 17.2 Å². The summed E-state index contributed by atoms with van der Waals surface area (Å²) in [5, 5.41) is 29.9. The molecule has 1 heterocycles. The van der Waals surface area contributed by atoms with Crippen molar-refractivity contribution in [1.82, 2.24) is 0 Å². The fourth-order valence-electron chi connectivity index (χ4n) is 3.27. The van der Waals surface area contributed by atoms with Crippen molar-refractivity contribution >= 4 is 11.0 Å². The number of phenols is 3. The molecule has 1 aromatic heterocycles. The van der Waals surface area contributed by atoms with E-state index in [-0.39, 0.29) is 28.2 Å². The Balaban J connectivity index is 1.91. The molecule has 0 atom stereocenters. The highest BCUT2D eigenvalue weighted by Crippen LogP contribution is 2.32. The van der Waals surface area contributed by atoms with Gasteiger partial charge in [0, 0.05) is 23.8 Å². The van der Waals surface area contributed by atoms with Crippen molar-refractivity contribution in [3.8, 4) is 28.6 Å². The number of hydrogen-bond acceptors (Lipinski definition) is 5. The third-order valence-corrected chi connectivity index (χ3v) is 4.92. The quantitative estimate of drug-likeness (QED) is 0.449. The van der Waals surface area contributed by atoms with Crippen LogP contribution in [0.1, 0.15) is 39.2 Å². The molecule has 0 amide bonds. The van der Waals surface area contributed by atoms with Gasteiger partial charge in [0.2, 0.25) is 0 Å². The van der Waals surface area contributed by atoms with Crippen LogP contribution >= 0.6 is 0 Å². The van der Waals surface area contributed by atoms with Gasteiger partial charge in [0.25, 0.3) is 0 Å². The number of fused-ring (bicyclic) bond motifs is 1. The van der Waals surface area contributed by atoms with Crippen molar-refractivity contribution in [2.75, 3.05) is 0 Å². The van der Waals surface area contributed by atoms with Gasteiger partial charge in [0.1, 0.15) is 34.0 Å². The molecule has 0 aliphatic heterocycles. The Hall–Kier alpha value is -3.47. The number of benzene rings is 2. The molecule has 0 bridgehead atoms. The second-order valence-corrected chi connectivity index (χ2v) is 7.73. The highest BCUT2D eigenvalue weighted by atomic mass is 16.3. The summed E-state index contributed by atoms with van der Waals surface area (Å²) in [6.45, 7) is 6.23. The molecule has 5 nitrogen and oxygen atoms in total. The summed E-state index contributed by atoms with van der Waals surface area (Å²) in [5.41, 5.74) is 3.57. The number of hydrogen-bond donors (Lipinski definition) is 3. The van der Waals surface area contributed by atoms with Crippen molar-refractivity contribution in [2.24, 2.45) is 0 Å². The monoisotopic (exact) mass is 406 g/mol. The minimum absolute atomic E-state index is 0.0190. The fraction of sp³-hybridized carbons (Fsp3) is 0.240. The summed E-state index contributed by atoms with van der Waals surface area (Å²) in [6, 6.07) is 8.71. The molecular formula is C25H26O5. The van der Waals surface area contributed by atoms with E-state index in [9.17, 15) is 20.1 Å². The van der Waals surface area contributed by atoms with Crippen LogP contribution in [0.2, 0.25) is 0 Å². The molecule has 156 valence electrons. The van der Waals surface area contributed by atoms with Gasteiger partial charge in [-0.1, -0.05) is 23.3 Å². The third-order valence-electron chi connectivity index (χ3n) is 4.92. The van der Waals surface area contributed by atoms with Crippen molar-refractivity contribution in [3.63, 3.8) is 0 Å². The lowest BCUT2D eigenvalue weighted by Crippen LogP contribution is -2.01. The van der Waals surface area contributed by atoms with Crippen LogP contribution in [0, 0.1) is 0 Å². The van der Waals surface area contributed by atoms with E-state index in [2.05, 4.69) is 32.9 Å². The Bertz CT molecular complexity index is 1190. The van der Waals surface area contributed by atoms with Crippen LogP contribution in [0.15, 0.2) is 68.9 Å². The Morgan fingerprint density at radius 1 is 0.967 bits per heavy atom. The largest absolute Gasteiger partial charge is 0.508 e. The summed E-state index contributed by atoms with van der Waals surface area (Å²) in [7, 11) is 0. The van der Waals surface area contributed by atoms with Crippen LogP contribution in [-0.4, -0.2) is 15.3 Å². The first-order valence-corrected chi connectivity index (χ1v) is 9.85. The number of aromatic hydroxyl groups is 3. The van der Waals surface area contributed by atoms with Crippen LogP contribution in [-0.2, 0) is 6.42 Å². The first kappa shape index (κ1) is 21.2. The normalized spacial score (nSPS) is 11.6. The van der Waals surface area contributed by atoms with E-state index in [1.165, 1.54) is 23.3 Å². The Morgan fingerprint density at radius 2 is 1.73 bits per heavy atom. The molecule has 3 rings (SSSR count). The van der Waals surface area contributed by atoms with E-state index < -0.39 is 5.43 Å². The molecule has 0 saturated carbocycles. The van der Waals surface area contributed by atoms with Crippen molar-refractivity contribution < 1.29 is 19.7 Å². The van der Waals surface area contributed by atoms with Crippen molar-refractivity contribution in [3.05, 3.63) is 75.5 Å². The highest BCUT2D eigenvalue weighted by Gasteiger charge is 2.13. The topological polar surface area (TPSA) is 90.9 Å². The van der Waals surface area contributed by atoms with E-state index in [1.54, 1.807) is 18.2 Å². The maximum atomic E-state index is 12.5. The molecular weight excluding hydrogens is 380 g/mol. The Kier molecular flexibility index (Phi) is 6.31. The fourth-order valence-corrected chi connectivity index (χ4v) is 3.27. The molecule has 3 aromatic rings. The zero-order chi connectivity index (χ0) is 21.8. The standard InChI is InChI=1S/C25H26O5/c1-15(2)5-4-6-16(3)7-8-17-11-18(9-10-20(17)27)23-14-22(29)25-21(28)12-19(26)13-24(25)30-23/h5,7,9-14,26-28H,4,6,8H2,1-3H3/b16-7+. The highest BCUT2D eigenvalue weighted by molar-refractivity contribution is 5.86. The Labute approximate surface area is 175 Å². The average molecular weight is 406 g/mol. The number of allylic oxidation sites excluding steroid dienone is 4. The van der Waals surface area contributed by atoms with Crippen LogP contribution in [0.4, 0.5) is 0 Å². The van der Waals surface area contributed by atoms with Gasteiger partial charge in [-0.2, -0.15) is 0 Å². The minimum Gasteiger partial charge on any atom is -0.508 e. The molecule has 0 fully saturated rings. The van der Waals surface area contributed by atoms with E-state index in [4.69, 9.17) is 4.42 Å². The van der Waals surface area contributed by atoms with Crippen molar-refractivity contribution in [1.29, 1.82) is 0 Å². The average Bonchev–Trinajstić information content (AvgIpc) is 2.66. The van der Waals surface area contributed by atoms with E-state index in [0.717, 1.165) is 24.5 Å². The van der Waals surface area contributed by atoms with Gasteiger partial charge >= 0.3 is 0 Å². The summed E-state index contributed by atoms with van der Waals surface area (Å²) in [4.78, 5) is 12.5. The smallest absolute Gasteiger partial charge is 0.197 e. The predicted molar refractivity (Wildman–Crippen MR) is 119 cm³/mol. The van der Waals surface area contributed by atoms with Gasteiger partial charge < -0.3 is 19.7 Å². The van der Waals surface area contributed by atoms with Crippen LogP contribution < -0.4 is 5.43 Å². The van der Waals surface area contributed by atoms with Crippen LogP contribution in [0.3, 0.4) is 0 Å². The van der Waals surface area contributed by atoms with E-state index in [1.807, 2.05) is 0 Å². The van der Waals surface area contributed by atoms with Gasteiger partial charge in [-0.15, -0.1) is 0 Å². The zero-order valence-corrected chi connectivity index (χ0v) is 17.4. The lowest BCUT2D eigenvalue weighted by molar-refractivity contribution is 0.452. The molecule has 30 heavy (non-hydrogen) atoms. The van der Waals surface area contributed by atoms with E-state index in [0.29, 0.717) is 17.7 Å². The van der Waals surface area contributed by atoms with Gasteiger partial charge in [-0.3, -0.25) is 4.79 Å². The zero-order valence-electron chi connectivity index (χ0n) is 17.4. The molecule has 0 radical (unpaired) electrons. The van der Waals surface area contributed by atoms with Gasteiger partial charge in [0.15, 0.2) is 5.43 Å². The Morgan fingerprint density at radius 3 is 2.47 bits per heavy atom. The van der Waals surface area contributed by atoms with Crippen LogP contribution in [0.25, 0.3) is 22.3 Å². The maximum Gasteiger partial charge on any atom is 0.197 e. The summed E-state index contributed by atoms with van der Waals surface area (Å²) >= 11 is 0. The SMILES string of the molecule is CC(C)=CCC/C(C)=C/Cc1cc(-c2cc(=O)c3c(O)cc(O)cc3o2)ccc1O. The molecule has 0 unspecified atom stereocenters. The lowest BCUT2D eigenvalue weighted by Gasteiger charge is -2.08. The molecule has 0 aliphatic rings. The molecule has 2 aromatic carbocycles. The van der Waals surface area contributed by atoms with E-state index >= 15 is 0 Å². The molecule has 0 aliphatic carbocycles. The molecule has 5 heteroatoms. The van der Waals surface area contributed by atoms with Gasteiger partial charge in [-0.05, 0) is 63.8 Å². The van der Waals surface area contributed by atoms with Gasteiger partial charge in [0.05, 0.1) is 0 Å². The molecule has 0 spiro atoms.